The zero-order chi connectivity index (χ0) is 17.2. The summed E-state index contributed by atoms with van der Waals surface area (Å²) in [5.74, 6) is 0.818. The molecule has 0 unspecified atom stereocenters. The highest BCUT2D eigenvalue weighted by Gasteiger charge is 2.16. The van der Waals surface area contributed by atoms with Crippen molar-refractivity contribution in [2.24, 2.45) is 5.92 Å². The van der Waals surface area contributed by atoms with Crippen molar-refractivity contribution >= 4 is 6.03 Å². The second-order valence-corrected chi connectivity index (χ2v) is 7.12. The number of hydrogen-bond acceptors (Lipinski definition) is 2. The number of nitrogens with zero attached hydrogens (tertiary/aromatic N) is 1. The third kappa shape index (κ3) is 6.91. The third-order valence-electron chi connectivity index (χ3n) is 4.69. The van der Waals surface area contributed by atoms with E-state index < -0.39 is 0 Å². The normalized spacial score (nSPS) is 18.3. The van der Waals surface area contributed by atoms with E-state index in [-0.39, 0.29) is 6.03 Å². The molecule has 1 aromatic rings. The molecule has 1 saturated heterocycles. The molecular weight excluding hydrogens is 298 g/mol. The predicted molar refractivity (Wildman–Crippen MR) is 99.9 cm³/mol. The van der Waals surface area contributed by atoms with Gasteiger partial charge in [-0.2, -0.15) is 0 Å². The molecule has 4 heteroatoms. The second kappa shape index (κ2) is 10.3. The Hall–Kier alpha value is -1.55. The Balaban J connectivity index is 1.68. The van der Waals surface area contributed by atoms with Crippen LogP contribution in [0.1, 0.15) is 57.1 Å². The molecule has 134 valence electrons. The van der Waals surface area contributed by atoms with Crippen molar-refractivity contribution in [3.63, 3.8) is 0 Å². The van der Waals surface area contributed by atoms with Crippen LogP contribution in [0, 0.1) is 5.92 Å². The zero-order valence-electron chi connectivity index (χ0n) is 15.3. The van der Waals surface area contributed by atoms with Gasteiger partial charge in [-0.3, -0.25) is 4.90 Å². The van der Waals surface area contributed by atoms with Crippen LogP contribution < -0.4 is 10.6 Å². The smallest absolute Gasteiger partial charge is 0.315 e. The van der Waals surface area contributed by atoms with Crippen LogP contribution in [0.4, 0.5) is 4.79 Å². The number of rotatable bonds is 8. The van der Waals surface area contributed by atoms with Gasteiger partial charge < -0.3 is 10.6 Å². The Morgan fingerprint density at radius 3 is 2.62 bits per heavy atom. The molecule has 0 aromatic heterocycles. The lowest BCUT2D eigenvalue weighted by Crippen LogP contribution is -2.35. The van der Waals surface area contributed by atoms with Crippen molar-refractivity contribution in [1.82, 2.24) is 15.5 Å². The summed E-state index contributed by atoms with van der Waals surface area (Å²) in [4.78, 5) is 14.3. The van der Waals surface area contributed by atoms with Gasteiger partial charge >= 0.3 is 6.03 Å². The van der Waals surface area contributed by atoms with Crippen molar-refractivity contribution in [3.8, 4) is 0 Å². The summed E-state index contributed by atoms with van der Waals surface area (Å²) in [5.41, 5.74) is 2.51. The number of benzene rings is 1. The van der Waals surface area contributed by atoms with Crippen LogP contribution in [-0.2, 0) is 13.1 Å². The average Bonchev–Trinajstić information content (AvgIpc) is 2.58. The second-order valence-electron chi connectivity index (χ2n) is 7.12. The summed E-state index contributed by atoms with van der Waals surface area (Å²) >= 11 is 0. The quantitative estimate of drug-likeness (QED) is 0.709. The Labute approximate surface area is 147 Å². The Bertz CT molecular complexity index is 486. The predicted octanol–water partition coefficient (Wildman–Crippen LogP) is 3.91. The van der Waals surface area contributed by atoms with E-state index in [0.29, 0.717) is 6.54 Å². The molecular formula is C20H33N3O. The van der Waals surface area contributed by atoms with E-state index >= 15 is 0 Å². The number of nitrogens with one attached hydrogen (secondary N) is 2. The molecule has 2 amide bonds. The molecule has 24 heavy (non-hydrogen) atoms. The fraction of sp³-hybridized carbons (Fsp3) is 0.650. The van der Waals surface area contributed by atoms with E-state index in [0.717, 1.165) is 37.4 Å². The van der Waals surface area contributed by atoms with E-state index in [1.54, 1.807) is 0 Å². The van der Waals surface area contributed by atoms with Gasteiger partial charge in [-0.25, -0.2) is 4.79 Å². The van der Waals surface area contributed by atoms with Crippen LogP contribution in [-0.4, -0.2) is 30.6 Å². The molecule has 1 heterocycles. The van der Waals surface area contributed by atoms with Gasteiger partial charge in [0.1, 0.15) is 0 Å². The molecule has 0 saturated carbocycles. The lowest BCUT2D eigenvalue weighted by molar-refractivity contribution is 0.176. The first-order valence-corrected chi connectivity index (χ1v) is 9.49. The van der Waals surface area contributed by atoms with Crippen LogP contribution in [0.25, 0.3) is 0 Å². The minimum atomic E-state index is -0.0718. The minimum Gasteiger partial charge on any atom is -0.338 e. The van der Waals surface area contributed by atoms with Gasteiger partial charge in [0, 0.05) is 26.2 Å². The largest absolute Gasteiger partial charge is 0.338 e. The van der Waals surface area contributed by atoms with E-state index in [1.165, 1.54) is 37.9 Å². The van der Waals surface area contributed by atoms with Crippen molar-refractivity contribution < 1.29 is 4.79 Å². The first kappa shape index (κ1) is 18.8. The van der Waals surface area contributed by atoms with E-state index in [4.69, 9.17) is 0 Å². The first-order valence-electron chi connectivity index (χ1n) is 9.49. The van der Waals surface area contributed by atoms with Gasteiger partial charge in [0.05, 0.1) is 0 Å². The van der Waals surface area contributed by atoms with Crippen molar-refractivity contribution in [2.45, 2.75) is 59.0 Å². The molecule has 0 aliphatic carbocycles. The van der Waals surface area contributed by atoms with E-state index in [9.17, 15) is 4.79 Å². The topological polar surface area (TPSA) is 44.4 Å². The summed E-state index contributed by atoms with van der Waals surface area (Å²) in [6, 6.07) is 8.56. The van der Waals surface area contributed by atoms with Crippen LogP contribution >= 0.6 is 0 Å². The summed E-state index contributed by atoms with van der Waals surface area (Å²) in [7, 11) is 0. The van der Waals surface area contributed by atoms with Gasteiger partial charge in [0.25, 0.3) is 0 Å². The molecule has 0 spiro atoms. The number of hydrogen-bond donors (Lipinski definition) is 2. The van der Waals surface area contributed by atoms with Gasteiger partial charge in [-0.15, -0.1) is 0 Å². The van der Waals surface area contributed by atoms with Crippen LogP contribution in [0.15, 0.2) is 24.3 Å². The fourth-order valence-electron chi connectivity index (χ4n) is 3.27. The number of likely N-dealkylation sites (tertiary alicyclic amines) is 1. The molecule has 1 atom stereocenters. The van der Waals surface area contributed by atoms with E-state index in [1.807, 2.05) is 0 Å². The summed E-state index contributed by atoms with van der Waals surface area (Å²) in [5, 5.41) is 5.82. The molecule has 1 fully saturated rings. The third-order valence-corrected chi connectivity index (χ3v) is 4.69. The molecule has 4 nitrogen and oxygen atoms in total. The Morgan fingerprint density at radius 1 is 1.17 bits per heavy atom. The summed E-state index contributed by atoms with van der Waals surface area (Å²) < 4.78 is 0. The minimum absolute atomic E-state index is 0.0718. The highest BCUT2D eigenvalue weighted by atomic mass is 16.2. The maximum Gasteiger partial charge on any atom is 0.315 e. The number of carbonyl (C=O) groups excluding carboxylic acids is 1. The van der Waals surface area contributed by atoms with Crippen LogP contribution in [0.2, 0.25) is 0 Å². The van der Waals surface area contributed by atoms with E-state index in [2.05, 4.69) is 53.6 Å². The Morgan fingerprint density at radius 2 is 1.92 bits per heavy atom. The van der Waals surface area contributed by atoms with Crippen molar-refractivity contribution in [2.75, 3.05) is 19.6 Å². The number of amides is 2. The lowest BCUT2D eigenvalue weighted by Gasteiger charge is -2.30. The summed E-state index contributed by atoms with van der Waals surface area (Å²) in [6.45, 7) is 9.31. The maximum absolute atomic E-state index is 11.7. The SMILES string of the molecule is CCCCCNC(=O)NCc1ccc(CN2CCC[C@@H](C)C2)cc1. The van der Waals surface area contributed by atoms with Crippen molar-refractivity contribution in [3.05, 3.63) is 35.4 Å². The van der Waals surface area contributed by atoms with Gasteiger partial charge in [-0.05, 0) is 42.9 Å². The molecule has 1 aromatic carbocycles. The molecule has 2 rings (SSSR count). The Kier molecular flexibility index (Phi) is 8.10. The highest BCUT2D eigenvalue weighted by molar-refractivity contribution is 5.73. The number of piperidine rings is 1. The highest BCUT2D eigenvalue weighted by Crippen LogP contribution is 2.18. The first-order chi connectivity index (χ1) is 11.7. The monoisotopic (exact) mass is 331 g/mol. The van der Waals surface area contributed by atoms with Gasteiger partial charge in [0.15, 0.2) is 0 Å². The van der Waals surface area contributed by atoms with Crippen LogP contribution in [0.3, 0.4) is 0 Å². The molecule has 2 N–H and O–H groups in total. The number of unbranched alkanes of at least 4 members (excludes halogenated alkanes) is 2. The van der Waals surface area contributed by atoms with Crippen LogP contribution in [0.5, 0.6) is 0 Å². The average molecular weight is 332 g/mol. The number of urea groups is 1. The maximum atomic E-state index is 11.7. The molecule has 1 aliphatic rings. The molecule has 1 aliphatic heterocycles. The van der Waals surface area contributed by atoms with Gasteiger partial charge in [0.2, 0.25) is 0 Å². The van der Waals surface area contributed by atoms with Gasteiger partial charge in [-0.1, -0.05) is 51.0 Å². The fourth-order valence-corrected chi connectivity index (χ4v) is 3.27. The summed E-state index contributed by atoms with van der Waals surface area (Å²) in [6.07, 6.45) is 6.06. The van der Waals surface area contributed by atoms with Crippen molar-refractivity contribution in [1.29, 1.82) is 0 Å². The zero-order valence-corrected chi connectivity index (χ0v) is 15.3. The molecule has 0 bridgehead atoms. The number of carbonyl (C=O) groups is 1. The standard InChI is InChI=1S/C20H33N3O/c1-3-4-5-12-21-20(24)22-14-18-8-10-19(11-9-18)16-23-13-6-7-17(2)15-23/h8-11,17H,3-7,12-16H2,1-2H3,(H2,21,22,24)/t17-/m1/s1. The lowest BCUT2D eigenvalue weighted by atomic mass is 9.99. The molecule has 0 radical (unpaired) electrons.